The first-order valence-corrected chi connectivity index (χ1v) is 12.1. The van der Waals surface area contributed by atoms with Crippen LogP contribution in [-0.2, 0) is 11.3 Å². The minimum absolute atomic E-state index is 0.0527. The lowest BCUT2D eigenvalue weighted by molar-refractivity contribution is -0.383. The first kappa shape index (κ1) is 23.5. The zero-order chi connectivity index (χ0) is 24.0. The number of nitrogens with zero attached hydrogens (tertiary/aromatic N) is 6. The lowest BCUT2D eigenvalue weighted by atomic mass is 10.1. The van der Waals surface area contributed by atoms with E-state index in [1.165, 1.54) is 6.33 Å². The molecule has 188 valence electrons. The summed E-state index contributed by atoms with van der Waals surface area (Å²) in [6.07, 6.45) is 2.28. The van der Waals surface area contributed by atoms with Gasteiger partial charge in [-0.05, 0) is 30.7 Å². The van der Waals surface area contributed by atoms with E-state index in [9.17, 15) is 10.1 Å². The van der Waals surface area contributed by atoms with Crippen LogP contribution in [-0.4, -0.2) is 97.1 Å². The largest absolute Gasteiger partial charge is 0.454 e. The van der Waals surface area contributed by atoms with Gasteiger partial charge in [-0.3, -0.25) is 19.9 Å². The highest BCUT2D eigenvalue weighted by atomic mass is 16.7. The normalized spacial score (nSPS) is 18.6. The molecule has 2 aromatic rings. The molecule has 0 saturated carbocycles. The van der Waals surface area contributed by atoms with E-state index in [1.807, 2.05) is 23.1 Å². The molecule has 12 nitrogen and oxygen atoms in total. The summed E-state index contributed by atoms with van der Waals surface area (Å²) < 4.78 is 16.2. The Bertz CT molecular complexity index is 1030. The third-order valence-corrected chi connectivity index (χ3v) is 6.55. The Morgan fingerprint density at radius 3 is 2.60 bits per heavy atom. The molecule has 0 radical (unpaired) electrons. The van der Waals surface area contributed by atoms with Crippen LogP contribution in [0, 0.1) is 10.1 Å². The first-order valence-electron chi connectivity index (χ1n) is 12.1. The predicted molar refractivity (Wildman–Crippen MR) is 129 cm³/mol. The van der Waals surface area contributed by atoms with Crippen LogP contribution in [0.3, 0.4) is 0 Å². The van der Waals surface area contributed by atoms with Gasteiger partial charge in [-0.25, -0.2) is 9.97 Å². The number of piperazine rings is 1. The van der Waals surface area contributed by atoms with Gasteiger partial charge in [0.05, 0.1) is 18.1 Å². The van der Waals surface area contributed by atoms with Crippen molar-refractivity contribution in [3.8, 4) is 11.5 Å². The van der Waals surface area contributed by atoms with E-state index < -0.39 is 0 Å². The van der Waals surface area contributed by atoms with E-state index in [-0.39, 0.29) is 23.2 Å². The van der Waals surface area contributed by atoms with Crippen LogP contribution in [0.4, 0.5) is 17.3 Å². The number of ether oxygens (including phenoxy) is 3. The predicted octanol–water partition coefficient (Wildman–Crippen LogP) is 1.57. The maximum absolute atomic E-state index is 12.0. The third-order valence-electron chi connectivity index (χ3n) is 6.55. The van der Waals surface area contributed by atoms with Gasteiger partial charge < -0.3 is 24.4 Å². The maximum Gasteiger partial charge on any atom is 0.353 e. The summed E-state index contributed by atoms with van der Waals surface area (Å²) in [5, 5.41) is 15.1. The van der Waals surface area contributed by atoms with Gasteiger partial charge >= 0.3 is 5.69 Å². The van der Waals surface area contributed by atoms with Crippen molar-refractivity contribution in [3.05, 3.63) is 40.2 Å². The van der Waals surface area contributed by atoms with E-state index in [2.05, 4.69) is 25.1 Å². The maximum atomic E-state index is 12.0. The summed E-state index contributed by atoms with van der Waals surface area (Å²) in [6.45, 7) is 8.82. The molecule has 1 aromatic heterocycles. The molecule has 5 rings (SSSR count). The van der Waals surface area contributed by atoms with Gasteiger partial charge in [-0.15, -0.1) is 0 Å². The van der Waals surface area contributed by atoms with Crippen LogP contribution in [0.2, 0.25) is 0 Å². The van der Waals surface area contributed by atoms with Crippen LogP contribution in [0.1, 0.15) is 12.0 Å². The highest BCUT2D eigenvalue weighted by molar-refractivity contribution is 5.70. The molecular weight excluding hydrogens is 454 g/mol. The van der Waals surface area contributed by atoms with Crippen molar-refractivity contribution in [2.24, 2.45) is 0 Å². The zero-order valence-electron chi connectivity index (χ0n) is 19.7. The molecular formula is C23H31N7O5. The van der Waals surface area contributed by atoms with Crippen LogP contribution in [0.5, 0.6) is 11.5 Å². The van der Waals surface area contributed by atoms with Gasteiger partial charge in [0.25, 0.3) is 0 Å². The van der Waals surface area contributed by atoms with Gasteiger partial charge in [0.2, 0.25) is 18.4 Å². The topological polar surface area (TPSA) is 118 Å². The summed E-state index contributed by atoms with van der Waals surface area (Å²) in [4.78, 5) is 26.7. The van der Waals surface area contributed by atoms with Gasteiger partial charge in [0, 0.05) is 52.4 Å². The number of anilines is 2. The highest BCUT2D eigenvalue weighted by Gasteiger charge is 2.29. The van der Waals surface area contributed by atoms with Crippen molar-refractivity contribution >= 4 is 17.3 Å². The lowest BCUT2D eigenvalue weighted by Gasteiger charge is -2.35. The van der Waals surface area contributed by atoms with E-state index in [0.717, 1.165) is 76.0 Å². The minimum Gasteiger partial charge on any atom is -0.454 e. The Balaban J connectivity index is 1.17. The molecule has 0 spiro atoms. The first-order chi connectivity index (χ1) is 17.2. The van der Waals surface area contributed by atoms with Crippen LogP contribution in [0.25, 0.3) is 0 Å². The molecule has 1 aromatic carbocycles. The summed E-state index contributed by atoms with van der Waals surface area (Å²) in [5.74, 6) is 2.22. The summed E-state index contributed by atoms with van der Waals surface area (Å²) in [7, 11) is 0. The Labute approximate surface area is 203 Å². The highest BCUT2D eigenvalue weighted by Crippen LogP contribution is 2.34. The van der Waals surface area contributed by atoms with Crippen molar-refractivity contribution in [3.63, 3.8) is 0 Å². The van der Waals surface area contributed by atoms with Gasteiger partial charge in [0.1, 0.15) is 6.33 Å². The summed E-state index contributed by atoms with van der Waals surface area (Å²) >= 11 is 0. The summed E-state index contributed by atoms with van der Waals surface area (Å²) in [6, 6.07) is 6.00. The molecule has 0 unspecified atom stereocenters. The number of hydrogen-bond donors (Lipinski definition) is 1. The summed E-state index contributed by atoms with van der Waals surface area (Å²) in [5.41, 5.74) is 1.10. The molecule has 2 saturated heterocycles. The Kier molecular flexibility index (Phi) is 7.40. The van der Waals surface area contributed by atoms with Crippen molar-refractivity contribution in [1.29, 1.82) is 0 Å². The number of nitrogens with one attached hydrogen (secondary N) is 1. The monoisotopic (exact) mass is 485 g/mol. The number of nitro groups is 1. The molecule has 12 heteroatoms. The lowest BCUT2D eigenvalue weighted by Crippen LogP contribution is -2.46. The van der Waals surface area contributed by atoms with Crippen molar-refractivity contribution in [2.75, 3.05) is 82.6 Å². The standard InChI is InChI=1S/C23H31N7O5/c31-30(32)21-22(24-4-1-5-27-10-12-33-13-11-27)25-16-26-23(21)29-8-6-28(7-9-29)15-18-2-3-19-20(14-18)35-17-34-19/h2-3,14,16H,1,4-13,15,17H2,(H,24,25,26). The number of rotatable bonds is 9. The third kappa shape index (κ3) is 5.72. The fraction of sp³-hybridized carbons (Fsp3) is 0.565. The number of fused-ring (bicyclic) bond motifs is 1. The van der Waals surface area contributed by atoms with Crippen LogP contribution >= 0.6 is 0 Å². The van der Waals surface area contributed by atoms with E-state index in [4.69, 9.17) is 14.2 Å². The van der Waals surface area contributed by atoms with Gasteiger partial charge in [-0.1, -0.05) is 6.07 Å². The van der Waals surface area contributed by atoms with Crippen molar-refractivity contribution in [2.45, 2.75) is 13.0 Å². The minimum atomic E-state index is -0.376. The zero-order valence-corrected chi connectivity index (χ0v) is 19.7. The quantitative estimate of drug-likeness (QED) is 0.317. The molecule has 0 atom stereocenters. The second kappa shape index (κ2) is 11.0. The smallest absolute Gasteiger partial charge is 0.353 e. The fourth-order valence-electron chi connectivity index (χ4n) is 4.65. The molecule has 1 N–H and O–H groups in total. The SMILES string of the molecule is O=[N+]([O-])c1c(NCCCN2CCOCC2)ncnc1N1CCN(Cc2ccc3c(c2)OCO3)CC1. The molecule has 0 amide bonds. The van der Waals surface area contributed by atoms with Crippen LogP contribution in [0.15, 0.2) is 24.5 Å². The number of hydrogen-bond acceptors (Lipinski definition) is 11. The van der Waals surface area contributed by atoms with E-state index >= 15 is 0 Å². The molecule has 0 aliphatic carbocycles. The van der Waals surface area contributed by atoms with Crippen molar-refractivity contribution in [1.82, 2.24) is 19.8 Å². The molecule has 0 bridgehead atoms. The molecule has 3 aliphatic rings. The number of benzene rings is 1. The van der Waals surface area contributed by atoms with Crippen molar-refractivity contribution < 1.29 is 19.1 Å². The van der Waals surface area contributed by atoms with Crippen LogP contribution < -0.4 is 19.7 Å². The molecule has 2 fully saturated rings. The second-order valence-corrected chi connectivity index (χ2v) is 8.84. The molecule has 4 heterocycles. The van der Waals surface area contributed by atoms with E-state index in [1.54, 1.807) is 0 Å². The fourth-order valence-corrected chi connectivity index (χ4v) is 4.65. The number of morpholine rings is 1. The second-order valence-electron chi connectivity index (χ2n) is 8.84. The number of aromatic nitrogens is 2. The molecule has 35 heavy (non-hydrogen) atoms. The Morgan fingerprint density at radius 1 is 1.00 bits per heavy atom. The van der Waals surface area contributed by atoms with Gasteiger partial charge in [0.15, 0.2) is 11.5 Å². The van der Waals surface area contributed by atoms with Gasteiger partial charge in [-0.2, -0.15) is 0 Å². The van der Waals surface area contributed by atoms with E-state index in [0.29, 0.717) is 25.5 Å². The molecule has 3 aliphatic heterocycles. The average Bonchev–Trinajstić information content (AvgIpc) is 3.35. The Hall–Kier alpha value is -3.22. The average molecular weight is 486 g/mol. The Morgan fingerprint density at radius 2 is 1.80 bits per heavy atom.